The summed E-state index contributed by atoms with van der Waals surface area (Å²) in [5, 5.41) is 9.45. The maximum atomic E-state index is 13.5. The summed E-state index contributed by atoms with van der Waals surface area (Å²) in [6.45, 7) is 0.198. The molecule has 3 aromatic rings. The molecule has 1 heterocycles. The van der Waals surface area contributed by atoms with Gasteiger partial charge in [-0.05, 0) is 31.5 Å². The van der Waals surface area contributed by atoms with Gasteiger partial charge in [-0.2, -0.15) is 8.78 Å². The highest BCUT2D eigenvalue weighted by atomic mass is 35.5. The first-order valence-corrected chi connectivity index (χ1v) is 10.6. The molecule has 3 aromatic carbocycles. The van der Waals surface area contributed by atoms with E-state index in [0.29, 0.717) is 10.9 Å². The summed E-state index contributed by atoms with van der Waals surface area (Å²) < 4.78 is 37.3. The number of halogens is 3. The Morgan fingerprint density at radius 3 is 2.03 bits per heavy atom. The van der Waals surface area contributed by atoms with E-state index >= 15 is 0 Å². The van der Waals surface area contributed by atoms with Crippen LogP contribution >= 0.6 is 11.6 Å². The molecule has 1 aliphatic heterocycles. The Balaban J connectivity index is 1.96. The van der Waals surface area contributed by atoms with E-state index in [9.17, 15) is 23.2 Å². The Hall–Kier alpha value is -3.72. The first-order valence-electron chi connectivity index (χ1n) is 10.2. The second-order valence-electron chi connectivity index (χ2n) is 7.80. The molecule has 0 radical (unpaired) electrons. The highest BCUT2D eigenvalue weighted by Gasteiger charge is 2.44. The van der Waals surface area contributed by atoms with Crippen molar-refractivity contribution in [3.63, 3.8) is 0 Å². The molecule has 7 nitrogen and oxygen atoms in total. The number of imide groups is 1. The van der Waals surface area contributed by atoms with Gasteiger partial charge >= 0.3 is 12.6 Å². The fourth-order valence-corrected chi connectivity index (χ4v) is 4.19. The minimum absolute atomic E-state index is 0.0236. The lowest BCUT2D eigenvalue weighted by atomic mass is 9.99. The summed E-state index contributed by atoms with van der Waals surface area (Å²) in [7, 11) is 0. The first kappa shape index (κ1) is 23.4. The monoisotopic (exact) mass is 489 g/mol. The third-order valence-electron chi connectivity index (χ3n) is 5.12. The topological polar surface area (TPSA) is 93.1 Å². The maximum absolute atomic E-state index is 13.5. The number of anilines is 1. The number of carbonyl (C=O) groups excluding carboxylic acids is 2. The van der Waals surface area contributed by atoms with Gasteiger partial charge in [0.25, 0.3) is 11.8 Å². The number of benzene rings is 3. The quantitative estimate of drug-likeness (QED) is 0.452. The Labute approximate surface area is 197 Å². The highest BCUT2D eigenvalue weighted by Crippen LogP contribution is 2.47. The van der Waals surface area contributed by atoms with Crippen molar-refractivity contribution in [3.8, 4) is 11.5 Å². The SMILES string of the molecule is CC(C)Oc1c2c(c(OC(F)F)c3ccccc13)C(=O)N(c1ccc(CC(=O)O)cc1Cl)C2=O. The third-order valence-corrected chi connectivity index (χ3v) is 5.43. The van der Waals surface area contributed by atoms with E-state index < -0.39 is 36.2 Å². The van der Waals surface area contributed by atoms with Gasteiger partial charge in [0.15, 0.2) is 0 Å². The summed E-state index contributed by atoms with van der Waals surface area (Å²) in [6.07, 6.45) is -0.711. The first-order chi connectivity index (χ1) is 16.1. The van der Waals surface area contributed by atoms with Crippen molar-refractivity contribution < 1.29 is 37.7 Å². The lowest BCUT2D eigenvalue weighted by Gasteiger charge is -2.18. The van der Waals surface area contributed by atoms with E-state index in [-0.39, 0.29) is 39.4 Å². The molecule has 1 N–H and O–H groups in total. The summed E-state index contributed by atoms with van der Waals surface area (Å²) in [4.78, 5) is 38.8. The molecule has 0 atom stereocenters. The van der Waals surface area contributed by atoms with Gasteiger partial charge in [0.05, 0.1) is 34.4 Å². The lowest BCUT2D eigenvalue weighted by molar-refractivity contribution is -0.136. The molecule has 0 saturated heterocycles. The van der Waals surface area contributed by atoms with Crippen molar-refractivity contribution in [3.05, 3.63) is 64.2 Å². The van der Waals surface area contributed by atoms with E-state index in [0.717, 1.165) is 4.90 Å². The van der Waals surface area contributed by atoms with Crippen molar-refractivity contribution in [1.29, 1.82) is 0 Å². The van der Waals surface area contributed by atoms with Gasteiger partial charge in [-0.3, -0.25) is 14.4 Å². The summed E-state index contributed by atoms with van der Waals surface area (Å²) in [5.41, 5.74) is -0.234. The number of aliphatic carboxylic acids is 1. The van der Waals surface area contributed by atoms with Crippen molar-refractivity contribution in [2.24, 2.45) is 0 Å². The zero-order valence-electron chi connectivity index (χ0n) is 18.0. The number of amides is 2. The number of carboxylic acid groups (broad SMARTS) is 1. The minimum Gasteiger partial charge on any atom is -0.489 e. The van der Waals surface area contributed by atoms with Crippen molar-refractivity contribution in [2.75, 3.05) is 4.90 Å². The molecule has 10 heteroatoms. The molecular formula is C24H18ClF2NO6. The number of hydrogen-bond donors (Lipinski definition) is 1. The number of nitrogens with zero attached hydrogens (tertiary/aromatic N) is 1. The van der Waals surface area contributed by atoms with Crippen LogP contribution in [-0.2, 0) is 11.2 Å². The number of hydrogen-bond acceptors (Lipinski definition) is 5. The Morgan fingerprint density at radius 2 is 1.56 bits per heavy atom. The van der Waals surface area contributed by atoms with Crippen molar-refractivity contribution >= 4 is 45.8 Å². The van der Waals surface area contributed by atoms with Crippen LogP contribution in [0.3, 0.4) is 0 Å². The van der Waals surface area contributed by atoms with Gasteiger partial charge in [0.1, 0.15) is 11.5 Å². The summed E-state index contributed by atoms with van der Waals surface area (Å²) >= 11 is 6.30. The number of ether oxygens (including phenoxy) is 2. The summed E-state index contributed by atoms with van der Waals surface area (Å²) in [6, 6.07) is 10.4. The van der Waals surface area contributed by atoms with Crippen LogP contribution in [0.1, 0.15) is 40.1 Å². The molecule has 176 valence electrons. The molecule has 34 heavy (non-hydrogen) atoms. The molecule has 0 spiro atoms. The van der Waals surface area contributed by atoms with Gasteiger partial charge in [0.2, 0.25) is 0 Å². The van der Waals surface area contributed by atoms with E-state index in [2.05, 4.69) is 0 Å². The predicted molar refractivity (Wildman–Crippen MR) is 120 cm³/mol. The normalized spacial score (nSPS) is 13.2. The predicted octanol–water partition coefficient (Wildman–Crippen LogP) is 5.31. The number of alkyl halides is 2. The van der Waals surface area contributed by atoms with Crippen LogP contribution < -0.4 is 14.4 Å². The molecule has 2 amide bonds. The molecule has 0 bridgehead atoms. The zero-order valence-corrected chi connectivity index (χ0v) is 18.7. The van der Waals surface area contributed by atoms with Crippen LogP contribution in [-0.4, -0.2) is 35.6 Å². The maximum Gasteiger partial charge on any atom is 0.387 e. The van der Waals surface area contributed by atoms with Gasteiger partial charge in [-0.1, -0.05) is 41.9 Å². The van der Waals surface area contributed by atoms with Gasteiger partial charge in [-0.25, -0.2) is 4.90 Å². The second kappa shape index (κ2) is 8.90. The van der Waals surface area contributed by atoms with Crippen LogP contribution in [0.5, 0.6) is 11.5 Å². The van der Waals surface area contributed by atoms with Gasteiger partial charge in [0, 0.05) is 10.8 Å². The number of rotatable bonds is 7. The molecular weight excluding hydrogens is 472 g/mol. The second-order valence-corrected chi connectivity index (χ2v) is 8.21. The van der Waals surface area contributed by atoms with Crippen LogP contribution in [0.25, 0.3) is 10.8 Å². The van der Waals surface area contributed by atoms with Crippen LogP contribution in [0.4, 0.5) is 14.5 Å². The average Bonchev–Trinajstić information content (AvgIpc) is 3.00. The fourth-order valence-electron chi connectivity index (χ4n) is 3.90. The smallest absolute Gasteiger partial charge is 0.387 e. The third kappa shape index (κ3) is 4.03. The minimum atomic E-state index is -3.25. The van der Waals surface area contributed by atoms with Crippen molar-refractivity contribution in [1.82, 2.24) is 0 Å². The standard InChI is InChI=1S/C24H18ClF2NO6/c1-11(2)33-20-13-5-3-4-6-14(13)21(34-24(26)27)19-18(20)22(31)28(23(19)32)16-8-7-12(9-15(16)25)10-17(29)30/h3-9,11,24H,10H2,1-2H3,(H,29,30). The number of carbonyl (C=O) groups is 3. The van der Waals surface area contributed by atoms with Crippen molar-refractivity contribution in [2.45, 2.75) is 33.0 Å². The summed E-state index contributed by atoms with van der Waals surface area (Å²) in [5.74, 6) is -3.19. The fraction of sp³-hybridized carbons (Fsp3) is 0.208. The molecule has 0 fully saturated rings. The Morgan fingerprint density at radius 1 is 1.00 bits per heavy atom. The molecule has 1 aliphatic rings. The molecule has 0 aromatic heterocycles. The van der Waals surface area contributed by atoms with E-state index in [1.165, 1.54) is 24.3 Å². The Bertz CT molecular complexity index is 1270. The van der Waals surface area contributed by atoms with E-state index in [1.807, 2.05) is 0 Å². The largest absolute Gasteiger partial charge is 0.489 e. The number of fused-ring (bicyclic) bond motifs is 2. The van der Waals surface area contributed by atoms with Crippen LogP contribution in [0.15, 0.2) is 42.5 Å². The molecule has 4 rings (SSSR count). The molecule has 0 unspecified atom stereocenters. The Kier molecular flexibility index (Phi) is 6.14. The number of carboxylic acids is 1. The van der Waals surface area contributed by atoms with Gasteiger partial charge in [-0.15, -0.1) is 0 Å². The average molecular weight is 490 g/mol. The zero-order chi connectivity index (χ0) is 24.7. The van der Waals surface area contributed by atoms with Gasteiger partial charge < -0.3 is 14.6 Å². The molecule has 0 saturated carbocycles. The van der Waals surface area contributed by atoms with E-state index in [1.54, 1.807) is 32.0 Å². The van der Waals surface area contributed by atoms with Crippen LogP contribution in [0, 0.1) is 0 Å². The lowest BCUT2D eigenvalue weighted by Crippen LogP contribution is -2.30. The van der Waals surface area contributed by atoms with E-state index in [4.69, 9.17) is 26.2 Å². The molecule has 0 aliphatic carbocycles. The highest BCUT2D eigenvalue weighted by molar-refractivity contribution is 6.41. The van der Waals surface area contributed by atoms with Crippen LogP contribution in [0.2, 0.25) is 5.02 Å².